The Morgan fingerprint density at radius 1 is 1.00 bits per heavy atom. The molecule has 2 fully saturated rings. The summed E-state index contributed by atoms with van der Waals surface area (Å²) in [5, 5.41) is 2.52. The standard InChI is InChI=1S/C22H27ClN6/c23-22-25-20(19-21(26-22)29(15-24-19)18-8-4-5-9-18)27-28-12-10-17(11-13-28)14-16-6-2-1-3-7-16/h1-3,6-7,15,17-18H,4-5,8-14H2,(H,25,26,27). The maximum Gasteiger partial charge on any atom is 0.226 e. The fourth-order valence-corrected chi connectivity index (χ4v) is 4.93. The van der Waals surface area contributed by atoms with Gasteiger partial charge in [-0.2, -0.15) is 9.97 Å². The molecule has 1 aliphatic heterocycles. The van der Waals surface area contributed by atoms with E-state index < -0.39 is 0 Å². The number of nitrogens with zero attached hydrogens (tertiary/aromatic N) is 5. The summed E-state index contributed by atoms with van der Waals surface area (Å²) in [6.07, 6.45) is 10.3. The van der Waals surface area contributed by atoms with Crippen LogP contribution in [0.25, 0.3) is 11.2 Å². The zero-order valence-electron chi connectivity index (χ0n) is 16.6. The van der Waals surface area contributed by atoms with Gasteiger partial charge >= 0.3 is 0 Å². The van der Waals surface area contributed by atoms with E-state index in [9.17, 15) is 0 Å². The zero-order chi connectivity index (χ0) is 19.6. The van der Waals surface area contributed by atoms with Gasteiger partial charge in [0.25, 0.3) is 0 Å². The van der Waals surface area contributed by atoms with Crippen LogP contribution in [-0.2, 0) is 6.42 Å². The van der Waals surface area contributed by atoms with Gasteiger partial charge in [-0.15, -0.1) is 0 Å². The number of piperidine rings is 1. The molecular weight excluding hydrogens is 384 g/mol. The number of imidazole rings is 1. The molecule has 1 saturated heterocycles. The number of halogens is 1. The van der Waals surface area contributed by atoms with Crippen molar-refractivity contribution in [3.63, 3.8) is 0 Å². The molecule has 0 bridgehead atoms. The first-order valence-corrected chi connectivity index (χ1v) is 11.1. The molecule has 6 nitrogen and oxygen atoms in total. The first kappa shape index (κ1) is 18.8. The second-order valence-electron chi connectivity index (χ2n) is 8.34. The number of benzene rings is 1. The van der Waals surface area contributed by atoms with Gasteiger partial charge in [0.05, 0.1) is 6.33 Å². The Hall–Kier alpha value is -2.18. The fraction of sp³-hybridized carbons (Fsp3) is 0.500. The summed E-state index contributed by atoms with van der Waals surface area (Å²) in [5.41, 5.74) is 6.56. The average molecular weight is 411 g/mol. The highest BCUT2D eigenvalue weighted by Crippen LogP contribution is 2.33. The molecule has 1 aliphatic carbocycles. The lowest BCUT2D eigenvalue weighted by molar-refractivity contribution is 0.216. The molecule has 1 saturated carbocycles. The normalized spacial score (nSPS) is 19.2. The quantitative estimate of drug-likeness (QED) is 0.607. The Morgan fingerprint density at radius 2 is 1.76 bits per heavy atom. The highest BCUT2D eigenvalue weighted by molar-refractivity contribution is 6.28. The molecule has 2 aromatic heterocycles. The monoisotopic (exact) mass is 410 g/mol. The molecule has 1 aromatic carbocycles. The number of hydrazine groups is 1. The van der Waals surface area contributed by atoms with E-state index in [1.165, 1.54) is 44.1 Å². The lowest BCUT2D eigenvalue weighted by atomic mass is 9.91. The maximum atomic E-state index is 6.27. The van der Waals surface area contributed by atoms with Crippen LogP contribution in [0, 0.1) is 5.92 Å². The first-order valence-electron chi connectivity index (χ1n) is 10.7. The van der Waals surface area contributed by atoms with Crippen molar-refractivity contribution < 1.29 is 0 Å². The molecule has 5 rings (SSSR count). The highest BCUT2D eigenvalue weighted by atomic mass is 35.5. The van der Waals surface area contributed by atoms with Crippen molar-refractivity contribution in [2.45, 2.75) is 51.0 Å². The van der Waals surface area contributed by atoms with Crippen LogP contribution in [0.1, 0.15) is 50.1 Å². The predicted molar refractivity (Wildman–Crippen MR) is 116 cm³/mol. The van der Waals surface area contributed by atoms with Crippen molar-refractivity contribution in [3.05, 3.63) is 47.5 Å². The summed E-state index contributed by atoms with van der Waals surface area (Å²) in [4.78, 5) is 13.6. The molecule has 3 aromatic rings. The van der Waals surface area contributed by atoms with Crippen LogP contribution in [0.15, 0.2) is 36.7 Å². The number of nitrogens with one attached hydrogen (secondary N) is 1. The molecule has 152 valence electrons. The Balaban J connectivity index is 1.27. The van der Waals surface area contributed by atoms with Gasteiger partial charge in [0.1, 0.15) is 0 Å². The van der Waals surface area contributed by atoms with Gasteiger partial charge in [0, 0.05) is 19.1 Å². The summed E-state index contributed by atoms with van der Waals surface area (Å²) in [5.74, 6) is 1.45. The molecule has 0 unspecified atom stereocenters. The molecule has 0 atom stereocenters. The number of rotatable bonds is 5. The summed E-state index contributed by atoms with van der Waals surface area (Å²) < 4.78 is 2.19. The second kappa shape index (κ2) is 8.28. The Bertz CT molecular complexity index is 958. The van der Waals surface area contributed by atoms with Crippen LogP contribution < -0.4 is 5.43 Å². The van der Waals surface area contributed by atoms with Crippen molar-refractivity contribution in [1.82, 2.24) is 24.5 Å². The number of anilines is 1. The molecule has 2 aliphatic rings. The van der Waals surface area contributed by atoms with E-state index >= 15 is 0 Å². The van der Waals surface area contributed by atoms with Gasteiger partial charge < -0.3 is 9.99 Å². The zero-order valence-corrected chi connectivity index (χ0v) is 17.4. The van der Waals surface area contributed by atoms with Gasteiger partial charge in [-0.05, 0) is 55.2 Å². The second-order valence-corrected chi connectivity index (χ2v) is 8.67. The smallest absolute Gasteiger partial charge is 0.226 e. The molecule has 29 heavy (non-hydrogen) atoms. The topological polar surface area (TPSA) is 58.9 Å². The Labute approximate surface area is 176 Å². The van der Waals surface area contributed by atoms with Crippen LogP contribution in [0.2, 0.25) is 5.28 Å². The summed E-state index contributed by atoms with van der Waals surface area (Å²) in [6, 6.07) is 11.3. The third-order valence-electron chi connectivity index (χ3n) is 6.36. The van der Waals surface area contributed by atoms with E-state index in [0.717, 1.165) is 42.4 Å². The molecule has 0 radical (unpaired) electrons. The van der Waals surface area contributed by atoms with Crippen LogP contribution in [0.4, 0.5) is 5.82 Å². The number of aromatic nitrogens is 4. The van der Waals surface area contributed by atoms with Gasteiger partial charge in [0.2, 0.25) is 5.28 Å². The first-order chi connectivity index (χ1) is 14.3. The Morgan fingerprint density at radius 3 is 2.52 bits per heavy atom. The number of hydrogen-bond donors (Lipinski definition) is 1. The summed E-state index contributed by atoms with van der Waals surface area (Å²) >= 11 is 6.27. The molecule has 0 spiro atoms. The van der Waals surface area contributed by atoms with Crippen molar-refractivity contribution in [3.8, 4) is 0 Å². The lowest BCUT2D eigenvalue weighted by Crippen LogP contribution is -2.38. The van der Waals surface area contributed by atoms with Gasteiger partial charge in [-0.25, -0.2) is 9.99 Å². The average Bonchev–Trinajstić information content (AvgIpc) is 3.40. The van der Waals surface area contributed by atoms with E-state index in [-0.39, 0.29) is 5.28 Å². The molecule has 1 N–H and O–H groups in total. The summed E-state index contributed by atoms with van der Waals surface area (Å²) in [6.45, 7) is 1.98. The fourth-order valence-electron chi connectivity index (χ4n) is 4.76. The number of fused-ring (bicyclic) bond motifs is 1. The van der Waals surface area contributed by atoms with E-state index in [0.29, 0.717) is 6.04 Å². The highest BCUT2D eigenvalue weighted by Gasteiger charge is 2.24. The van der Waals surface area contributed by atoms with Crippen LogP contribution in [0.5, 0.6) is 0 Å². The third kappa shape index (κ3) is 4.09. The Kier molecular flexibility index (Phi) is 5.38. The van der Waals surface area contributed by atoms with Crippen molar-refractivity contribution >= 4 is 28.6 Å². The molecular formula is C22H27ClN6. The minimum absolute atomic E-state index is 0.277. The van der Waals surface area contributed by atoms with Crippen LogP contribution >= 0.6 is 11.6 Å². The minimum Gasteiger partial charge on any atom is -0.312 e. The van der Waals surface area contributed by atoms with Crippen LogP contribution in [-0.4, -0.2) is 37.6 Å². The van der Waals surface area contributed by atoms with E-state index in [1.807, 2.05) is 6.33 Å². The lowest BCUT2D eigenvalue weighted by Gasteiger charge is -2.32. The van der Waals surface area contributed by atoms with Crippen LogP contribution in [0.3, 0.4) is 0 Å². The SMILES string of the molecule is Clc1nc(NN2CCC(Cc3ccccc3)CC2)c2ncn(C3CCCC3)c2n1. The minimum atomic E-state index is 0.277. The predicted octanol–water partition coefficient (Wildman–Crippen LogP) is 4.88. The van der Waals surface area contributed by atoms with Gasteiger partial charge in [-0.3, -0.25) is 0 Å². The van der Waals surface area contributed by atoms with Gasteiger partial charge in [0.15, 0.2) is 17.0 Å². The number of hydrogen-bond acceptors (Lipinski definition) is 5. The maximum absolute atomic E-state index is 6.27. The summed E-state index contributed by atoms with van der Waals surface area (Å²) in [7, 11) is 0. The van der Waals surface area contributed by atoms with Crippen molar-refractivity contribution in [2.75, 3.05) is 18.5 Å². The van der Waals surface area contributed by atoms with E-state index in [1.54, 1.807) is 0 Å². The molecule has 7 heteroatoms. The largest absolute Gasteiger partial charge is 0.312 e. The van der Waals surface area contributed by atoms with Crippen molar-refractivity contribution in [2.24, 2.45) is 5.92 Å². The van der Waals surface area contributed by atoms with E-state index in [4.69, 9.17) is 11.6 Å². The molecule has 3 heterocycles. The van der Waals surface area contributed by atoms with Gasteiger partial charge in [-0.1, -0.05) is 43.2 Å². The molecule has 0 amide bonds. The third-order valence-corrected chi connectivity index (χ3v) is 6.53. The van der Waals surface area contributed by atoms with Crippen molar-refractivity contribution in [1.29, 1.82) is 0 Å². The van der Waals surface area contributed by atoms with E-state index in [2.05, 4.69) is 60.3 Å².